The molecule has 1 heterocycles. The minimum atomic E-state index is -1.01. The second kappa shape index (κ2) is 5.80. The standard InChI is InChI=1S/C14H13ClO4/c1-9-4-2-3-5-11(9)18-8-10(14(16)17)12-6-7-13(15)19-12/h2-7,10H,8H2,1H3,(H,16,17). The van der Waals surface area contributed by atoms with Crippen molar-refractivity contribution in [2.75, 3.05) is 6.61 Å². The maximum Gasteiger partial charge on any atom is 0.317 e. The van der Waals surface area contributed by atoms with E-state index in [1.54, 1.807) is 12.1 Å². The van der Waals surface area contributed by atoms with Crippen LogP contribution in [0.4, 0.5) is 0 Å². The van der Waals surface area contributed by atoms with E-state index in [4.69, 9.17) is 20.8 Å². The van der Waals surface area contributed by atoms with Crippen LogP contribution >= 0.6 is 11.6 Å². The van der Waals surface area contributed by atoms with Crippen molar-refractivity contribution in [1.82, 2.24) is 0 Å². The highest BCUT2D eigenvalue weighted by atomic mass is 35.5. The molecule has 0 aliphatic rings. The first-order valence-electron chi connectivity index (χ1n) is 5.74. The van der Waals surface area contributed by atoms with E-state index >= 15 is 0 Å². The number of benzene rings is 1. The maximum atomic E-state index is 11.2. The van der Waals surface area contributed by atoms with Gasteiger partial charge < -0.3 is 14.3 Å². The van der Waals surface area contributed by atoms with Crippen LogP contribution in [-0.2, 0) is 4.79 Å². The fourth-order valence-corrected chi connectivity index (χ4v) is 1.83. The Morgan fingerprint density at radius 3 is 2.68 bits per heavy atom. The molecule has 4 nitrogen and oxygen atoms in total. The Bertz CT molecular complexity index is 576. The van der Waals surface area contributed by atoms with E-state index in [0.29, 0.717) is 5.75 Å². The van der Waals surface area contributed by atoms with Crippen LogP contribution in [0, 0.1) is 6.92 Å². The van der Waals surface area contributed by atoms with Crippen LogP contribution in [0.2, 0.25) is 5.22 Å². The summed E-state index contributed by atoms with van der Waals surface area (Å²) in [7, 11) is 0. The van der Waals surface area contributed by atoms with Crippen molar-refractivity contribution in [1.29, 1.82) is 0 Å². The Morgan fingerprint density at radius 2 is 2.11 bits per heavy atom. The van der Waals surface area contributed by atoms with E-state index in [0.717, 1.165) is 5.56 Å². The first-order valence-corrected chi connectivity index (χ1v) is 6.12. The molecule has 100 valence electrons. The second-order valence-electron chi connectivity index (χ2n) is 4.11. The molecule has 0 bridgehead atoms. The Kier molecular flexibility index (Phi) is 4.12. The van der Waals surface area contributed by atoms with E-state index in [9.17, 15) is 9.90 Å². The first-order chi connectivity index (χ1) is 9.08. The van der Waals surface area contributed by atoms with Crippen LogP contribution in [-0.4, -0.2) is 17.7 Å². The molecule has 19 heavy (non-hydrogen) atoms. The molecule has 0 saturated carbocycles. The predicted octanol–water partition coefficient (Wildman–Crippen LogP) is 3.49. The topological polar surface area (TPSA) is 59.7 Å². The fourth-order valence-electron chi connectivity index (χ4n) is 1.68. The van der Waals surface area contributed by atoms with E-state index in [2.05, 4.69) is 0 Å². The van der Waals surface area contributed by atoms with Gasteiger partial charge in [-0.3, -0.25) is 4.79 Å². The molecule has 0 spiro atoms. The van der Waals surface area contributed by atoms with Crippen LogP contribution in [0.3, 0.4) is 0 Å². The summed E-state index contributed by atoms with van der Waals surface area (Å²) in [5.41, 5.74) is 0.948. The highest BCUT2D eigenvalue weighted by Crippen LogP contribution is 2.24. The number of para-hydroxylation sites is 1. The number of aryl methyl sites for hydroxylation is 1. The zero-order chi connectivity index (χ0) is 13.8. The number of ether oxygens (including phenoxy) is 1. The molecule has 0 fully saturated rings. The molecule has 0 radical (unpaired) electrons. The Labute approximate surface area is 115 Å². The number of rotatable bonds is 5. The molecular formula is C14H13ClO4. The summed E-state index contributed by atoms with van der Waals surface area (Å²) < 4.78 is 10.7. The largest absolute Gasteiger partial charge is 0.492 e. The van der Waals surface area contributed by atoms with Crippen molar-refractivity contribution in [2.45, 2.75) is 12.8 Å². The molecule has 0 aliphatic carbocycles. The van der Waals surface area contributed by atoms with Gasteiger partial charge in [0.05, 0.1) is 0 Å². The number of furan rings is 1. The van der Waals surface area contributed by atoms with Gasteiger partial charge in [-0.1, -0.05) is 18.2 Å². The SMILES string of the molecule is Cc1ccccc1OCC(C(=O)O)c1ccc(Cl)o1. The lowest BCUT2D eigenvalue weighted by atomic mass is 10.1. The molecule has 0 amide bonds. The molecule has 1 atom stereocenters. The fraction of sp³-hybridized carbons (Fsp3) is 0.214. The summed E-state index contributed by atoms with van der Waals surface area (Å²) in [4.78, 5) is 11.2. The molecule has 1 N–H and O–H groups in total. The normalized spacial score (nSPS) is 12.1. The highest BCUT2D eigenvalue weighted by Gasteiger charge is 2.24. The van der Waals surface area contributed by atoms with E-state index in [1.165, 1.54) is 6.07 Å². The smallest absolute Gasteiger partial charge is 0.317 e. The third-order valence-electron chi connectivity index (χ3n) is 2.73. The first kappa shape index (κ1) is 13.5. The number of halogens is 1. The number of hydrogen-bond donors (Lipinski definition) is 1. The minimum Gasteiger partial charge on any atom is -0.492 e. The van der Waals surface area contributed by atoms with Crippen molar-refractivity contribution < 1.29 is 19.1 Å². The lowest BCUT2D eigenvalue weighted by molar-refractivity contribution is -0.140. The Balaban J connectivity index is 2.10. The Morgan fingerprint density at radius 1 is 1.37 bits per heavy atom. The third-order valence-corrected chi connectivity index (χ3v) is 2.94. The van der Waals surface area contributed by atoms with Gasteiger partial charge in [0.25, 0.3) is 0 Å². The summed E-state index contributed by atoms with van der Waals surface area (Å²) in [5, 5.41) is 9.36. The van der Waals surface area contributed by atoms with E-state index < -0.39 is 11.9 Å². The van der Waals surface area contributed by atoms with Crippen LogP contribution in [0.15, 0.2) is 40.8 Å². The molecule has 1 aromatic heterocycles. The number of hydrogen-bond acceptors (Lipinski definition) is 3. The van der Waals surface area contributed by atoms with Gasteiger partial charge in [-0.2, -0.15) is 0 Å². The van der Waals surface area contributed by atoms with Crippen molar-refractivity contribution in [2.24, 2.45) is 0 Å². The summed E-state index contributed by atoms with van der Waals surface area (Å²) in [6, 6.07) is 10.5. The molecule has 0 aliphatic heterocycles. The number of carbonyl (C=O) groups is 1. The van der Waals surface area contributed by atoms with Gasteiger partial charge in [-0.05, 0) is 42.3 Å². The number of carboxylic acids is 1. The van der Waals surface area contributed by atoms with Gasteiger partial charge in [-0.25, -0.2) is 0 Å². The average molecular weight is 281 g/mol. The van der Waals surface area contributed by atoms with Crippen molar-refractivity contribution in [3.8, 4) is 5.75 Å². The van der Waals surface area contributed by atoms with Gasteiger partial charge in [0.1, 0.15) is 24.0 Å². The zero-order valence-corrected chi connectivity index (χ0v) is 11.1. The van der Waals surface area contributed by atoms with E-state index in [1.807, 2.05) is 25.1 Å². The third kappa shape index (κ3) is 3.29. The molecule has 1 unspecified atom stereocenters. The summed E-state index contributed by atoms with van der Waals surface area (Å²) in [6.45, 7) is 1.89. The van der Waals surface area contributed by atoms with Crippen LogP contribution in [0.5, 0.6) is 5.75 Å². The van der Waals surface area contributed by atoms with Crippen LogP contribution < -0.4 is 4.74 Å². The minimum absolute atomic E-state index is 0.00989. The molecule has 1 aromatic carbocycles. The lowest BCUT2D eigenvalue weighted by Crippen LogP contribution is -2.19. The van der Waals surface area contributed by atoms with Crippen molar-refractivity contribution in [3.05, 3.63) is 52.9 Å². The highest BCUT2D eigenvalue weighted by molar-refractivity contribution is 6.28. The molecular weight excluding hydrogens is 268 g/mol. The maximum absolute atomic E-state index is 11.2. The summed E-state index contributed by atoms with van der Waals surface area (Å²) >= 11 is 5.65. The Hall–Kier alpha value is -1.94. The number of aliphatic carboxylic acids is 1. The van der Waals surface area contributed by atoms with E-state index in [-0.39, 0.29) is 17.6 Å². The van der Waals surface area contributed by atoms with Crippen LogP contribution in [0.25, 0.3) is 0 Å². The molecule has 2 rings (SSSR count). The molecule has 0 saturated heterocycles. The van der Waals surface area contributed by atoms with Crippen LogP contribution in [0.1, 0.15) is 17.2 Å². The molecule has 5 heteroatoms. The quantitative estimate of drug-likeness (QED) is 0.911. The van der Waals surface area contributed by atoms with Gasteiger partial charge in [0.2, 0.25) is 0 Å². The monoisotopic (exact) mass is 280 g/mol. The predicted molar refractivity (Wildman–Crippen MR) is 70.8 cm³/mol. The van der Waals surface area contributed by atoms with Gasteiger partial charge in [0.15, 0.2) is 5.22 Å². The van der Waals surface area contributed by atoms with Gasteiger partial charge in [-0.15, -0.1) is 0 Å². The van der Waals surface area contributed by atoms with Crippen molar-refractivity contribution >= 4 is 17.6 Å². The lowest BCUT2D eigenvalue weighted by Gasteiger charge is -2.13. The second-order valence-corrected chi connectivity index (χ2v) is 4.48. The average Bonchev–Trinajstić information content (AvgIpc) is 2.78. The number of carboxylic acid groups (broad SMARTS) is 1. The summed E-state index contributed by atoms with van der Waals surface area (Å²) in [6.07, 6.45) is 0. The molecule has 2 aromatic rings. The summed E-state index contributed by atoms with van der Waals surface area (Å²) in [5.74, 6) is -0.954. The zero-order valence-electron chi connectivity index (χ0n) is 10.3. The van der Waals surface area contributed by atoms with Gasteiger partial charge >= 0.3 is 5.97 Å². The van der Waals surface area contributed by atoms with Crippen molar-refractivity contribution in [3.63, 3.8) is 0 Å². The van der Waals surface area contributed by atoms with Gasteiger partial charge in [0, 0.05) is 0 Å².